The first-order valence-electron chi connectivity index (χ1n) is 8.08. The number of hydrogen-bond acceptors (Lipinski definition) is 8. The molecule has 1 unspecified atom stereocenters. The van der Waals surface area contributed by atoms with Crippen molar-refractivity contribution in [3.8, 4) is 17.5 Å². The zero-order chi connectivity index (χ0) is 18.3. The van der Waals surface area contributed by atoms with Crippen LogP contribution in [0.3, 0.4) is 0 Å². The van der Waals surface area contributed by atoms with Gasteiger partial charge in [-0.2, -0.15) is 9.50 Å². The number of fused-ring (bicyclic) bond motifs is 1. The third-order valence-corrected chi connectivity index (χ3v) is 5.19. The van der Waals surface area contributed by atoms with Gasteiger partial charge >= 0.3 is 0 Å². The maximum atomic E-state index is 10.8. The Morgan fingerprint density at radius 3 is 2.81 bits per heavy atom. The van der Waals surface area contributed by atoms with E-state index in [1.54, 1.807) is 18.4 Å². The number of aliphatic hydroxyl groups is 1. The molecule has 0 aromatic carbocycles. The topological polar surface area (TPSA) is 100 Å². The normalized spacial score (nSPS) is 13.1. The lowest BCUT2D eigenvalue weighted by Crippen LogP contribution is -2.27. The standard InChI is InChI=1S/C17H18N4O4S/c1-10-5-6-11(25-10)13(20(2)7-8-22)14-16(23)21-17(26-14)18-15(19-21)12-4-3-9-24-12/h3-6,9,13,22-23H,7-8H2,1-2H3. The summed E-state index contributed by atoms with van der Waals surface area (Å²) in [5.41, 5.74) is 0. The second-order valence-corrected chi connectivity index (χ2v) is 6.96. The first-order valence-corrected chi connectivity index (χ1v) is 8.90. The molecule has 8 nitrogen and oxygen atoms in total. The van der Waals surface area contributed by atoms with E-state index in [4.69, 9.17) is 8.83 Å². The van der Waals surface area contributed by atoms with Crippen LogP contribution in [0.4, 0.5) is 0 Å². The van der Waals surface area contributed by atoms with E-state index >= 15 is 0 Å². The van der Waals surface area contributed by atoms with Crippen molar-refractivity contribution in [1.29, 1.82) is 0 Å². The van der Waals surface area contributed by atoms with Gasteiger partial charge in [0.2, 0.25) is 16.7 Å². The molecule has 0 radical (unpaired) electrons. The Balaban J connectivity index is 1.79. The molecule has 0 saturated heterocycles. The molecule has 0 aliphatic carbocycles. The predicted octanol–water partition coefficient (Wildman–Crippen LogP) is 2.67. The molecule has 0 aliphatic heterocycles. The summed E-state index contributed by atoms with van der Waals surface area (Å²) in [7, 11) is 1.86. The quantitative estimate of drug-likeness (QED) is 0.535. The minimum Gasteiger partial charge on any atom is -0.492 e. The highest BCUT2D eigenvalue weighted by Gasteiger charge is 2.30. The molecular formula is C17H18N4O4S. The number of aromatic hydroxyl groups is 1. The minimum atomic E-state index is -0.351. The number of thiazole rings is 1. The van der Waals surface area contributed by atoms with Gasteiger partial charge in [0, 0.05) is 6.54 Å². The van der Waals surface area contributed by atoms with E-state index in [1.807, 2.05) is 31.0 Å². The van der Waals surface area contributed by atoms with Gasteiger partial charge in [-0.3, -0.25) is 4.90 Å². The molecule has 0 fully saturated rings. The van der Waals surface area contributed by atoms with Crippen LogP contribution in [0.25, 0.3) is 16.5 Å². The van der Waals surface area contributed by atoms with Crippen molar-refractivity contribution in [2.75, 3.05) is 20.2 Å². The summed E-state index contributed by atoms with van der Waals surface area (Å²) in [6, 6.07) is 6.92. The summed E-state index contributed by atoms with van der Waals surface area (Å²) in [6.45, 7) is 2.29. The molecule has 0 aliphatic rings. The molecular weight excluding hydrogens is 356 g/mol. The Kier molecular flexibility index (Phi) is 4.27. The number of furan rings is 2. The fourth-order valence-electron chi connectivity index (χ4n) is 2.87. The van der Waals surface area contributed by atoms with Crippen molar-refractivity contribution in [3.63, 3.8) is 0 Å². The zero-order valence-corrected chi connectivity index (χ0v) is 15.1. The number of rotatable bonds is 6. The fourth-order valence-corrected chi connectivity index (χ4v) is 4.00. The maximum absolute atomic E-state index is 10.8. The second-order valence-electron chi connectivity index (χ2n) is 5.95. The average Bonchev–Trinajstić information content (AvgIpc) is 3.36. The van der Waals surface area contributed by atoms with Crippen LogP contribution in [0.15, 0.2) is 39.4 Å². The molecule has 1 atom stereocenters. The summed E-state index contributed by atoms with van der Waals surface area (Å²) in [5, 5.41) is 24.4. The van der Waals surface area contributed by atoms with Crippen LogP contribution < -0.4 is 0 Å². The van der Waals surface area contributed by atoms with Gasteiger partial charge in [0.25, 0.3) is 0 Å². The summed E-state index contributed by atoms with van der Waals surface area (Å²) >= 11 is 1.32. The van der Waals surface area contributed by atoms with E-state index in [-0.39, 0.29) is 18.5 Å². The first kappa shape index (κ1) is 16.8. The molecule has 136 valence electrons. The summed E-state index contributed by atoms with van der Waals surface area (Å²) in [4.78, 5) is 7.55. The van der Waals surface area contributed by atoms with Crippen LogP contribution >= 0.6 is 11.3 Å². The van der Waals surface area contributed by atoms with Crippen molar-refractivity contribution < 1.29 is 19.0 Å². The number of hydrogen-bond donors (Lipinski definition) is 2. The van der Waals surface area contributed by atoms with Gasteiger partial charge in [-0.25, -0.2) is 0 Å². The van der Waals surface area contributed by atoms with Gasteiger partial charge in [0.05, 0.1) is 17.7 Å². The van der Waals surface area contributed by atoms with Gasteiger partial charge in [-0.1, -0.05) is 11.3 Å². The number of likely N-dealkylation sites (N-methyl/N-ethyl adjacent to an activating group) is 1. The Bertz CT molecular complexity index is 1020. The Morgan fingerprint density at radius 2 is 2.19 bits per heavy atom. The molecule has 0 amide bonds. The number of aryl methyl sites for hydroxylation is 1. The van der Waals surface area contributed by atoms with Crippen molar-refractivity contribution in [2.24, 2.45) is 0 Å². The van der Waals surface area contributed by atoms with E-state index in [9.17, 15) is 10.2 Å². The summed E-state index contributed by atoms with van der Waals surface area (Å²) in [6.07, 6.45) is 1.55. The number of nitrogens with zero attached hydrogens (tertiary/aromatic N) is 4. The van der Waals surface area contributed by atoms with Crippen molar-refractivity contribution in [1.82, 2.24) is 19.5 Å². The highest BCUT2D eigenvalue weighted by atomic mass is 32.1. The lowest BCUT2D eigenvalue weighted by atomic mass is 10.1. The largest absolute Gasteiger partial charge is 0.492 e. The SMILES string of the molecule is Cc1ccc(C(c2sc3nc(-c4ccco4)nn3c2O)N(C)CCO)o1. The molecule has 4 aromatic heterocycles. The molecule has 26 heavy (non-hydrogen) atoms. The Hall–Kier alpha value is -2.62. The van der Waals surface area contributed by atoms with Crippen molar-refractivity contribution in [2.45, 2.75) is 13.0 Å². The van der Waals surface area contributed by atoms with Crippen LogP contribution in [0, 0.1) is 6.92 Å². The monoisotopic (exact) mass is 374 g/mol. The minimum absolute atomic E-state index is 0.000788. The van der Waals surface area contributed by atoms with Gasteiger partial charge in [-0.15, -0.1) is 5.10 Å². The molecule has 2 N–H and O–H groups in total. The smallest absolute Gasteiger partial charge is 0.230 e. The lowest BCUT2D eigenvalue weighted by molar-refractivity contribution is 0.183. The fraction of sp³-hybridized carbons (Fsp3) is 0.294. The second kappa shape index (κ2) is 6.60. The van der Waals surface area contributed by atoms with Crippen LogP contribution in [0.2, 0.25) is 0 Å². The van der Waals surface area contributed by atoms with Crippen LogP contribution in [-0.4, -0.2) is 49.9 Å². The van der Waals surface area contributed by atoms with Crippen LogP contribution in [0.5, 0.6) is 5.88 Å². The van der Waals surface area contributed by atoms with E-state index in [2.05, 4.69) is 10.1 Å². The predicted molar refractivity (Wildman–Crippen MR) is 95.2 cm³/mol. The molecule has 0 spiro atoms. The molecule has 0 saturated carbocycles. The molecule has 4 aromatic rings. The van der Waals surface area contributed by atoms with E-state index in [1.165, 1.54) is 15.9 Å². The average molecular weight is 374 g/mol. The van der Waals surface area contributed by atoms with E-state index < -0.39 is 0 Å². The Morgan fingerprint density at radius 1 is 1.35 bits per heavy atom. The van der Waals surface area contributed by atoms with Crippen LogP contribution in [0.1, 0.15) is 22.4 Å². The number of aliphatic hydroxyl groups excluding tert-OH is 1. The van der Waals surface area contributed by atoms with Crippen molar-refractivity contribution in [3.05, 3.63) is 46.9 Å². The number of aromatic nitrogens is 3. The molecule has 0 bridgehead atoms. The van der Waals surface area contributed by atoms with Gasteiger partial charge < -0.3 is 19.0 Å². The molecule has 4 heterocycles. The first-order chi connectivity index (χ1) is 12.6. The highest BCUT2D eigenvalue weighted by molar-refractivity contribution is 7.17. The third-order valence-electron chi connectivity index (χ3n) is 4.11. The highest BCUT2D eigenvalue weighted by Crippen LogP contribution is 2.40. The van der Waals surface area contributed by atoms with Crippen molar-refractivity contribution >= 4 is 16.3 Å². The van der Waals surface area contributed by atoms with Gasteiger partial charge in [0.1, 0.15) is 17.6 Å². The van der Waals surface area contributed by atoms with E-state index in [0.717, 1.165) is 5.76 Å². The maximum Gasteiger partial charge on any atom is 0.230 e. The lowest BCUT2D eigenvalue weighted by Gasteiger charge is -2.24. The molecule has 9 heteroatoms. The van der Waals surface area contributed by atoms with Gasteiger partial charge in [0.15, 0.2) is 5.76 Å². The summed E-state index contributed by atoms with van der Waals surface area (Å²) < 4.78 is 12.5. The Labute approximate surface area is 152 Å². The molecule has 4 rings (SSSR count). The van der Waals surface area contributed by atoms with Crippen LogP contribution in [-0.2, 0) is 0 Å². The van der Waals surface area contributed by atoms with E-state index in [0.29, 0.717) is 33.7 Å². The summed E-state index contributed by atoms with van der Waals surface area (Å²) in [5.74, 6) is 2.42. The van der Waals surface area contributed by atoms with Gasteiger partial charge in [-0.05, 0) is 38.2 Å². The third kappa shape index (κ3) is 2.79. The zero-order valence-electron chi connectivity index (χ0n) is 14.3.